The number of carboxylic acids is 1. The summed E-state index contributed by atoms with van der Waals surface area (Å²) in [7, 11) is -3.44. The maximum atomic E-state index is 10.7. The van der Waals surface area contributed by atoms with Gasteiger partial charge in [0.25, 0.3) is 0 Å². The molecule has 7 heteroatoms. The fraction of sp³-hybridized carbons (Fsp3) is 0.833. The van der Waals surface area contributed by atoms with Crippen molar-refractivity contribution in [1.29, 1.82) is 0 Å². The molecule has 0 aromatic carbocycles. The third-order valence-electron chi connectivity index (χ3n) is 1.27. The van der Waals surface area contributed by atoms with E-state index < -0.39 is 22.0 Å². The first-order valence-electron chi connectivity index (χ1n) is 3.56. The number of thioether (sulfide) groups is 1. The molecule has 0 aliphatic rings. The number of sulfonamides is 1. The first-order chi connectivity index (χ1) is 5.87. The van der Waals surface area contributed by atoms with Gasteiger partial charge in [0.2, 0.25) is 10.0 Å². The minimum atomic E-state index is -3.44. The summed E-state index contributed by atoms with van der Waals surface area (Å²) in [6.45, 7) is 0. The molecule has 13 heavy (non-hydrogen) atoms. The average molecular weight is 227 g/mol. The Morgan fingerprint density at radius 2 is 2.15 bits per heavy atom. The van der Waals surface area contributed by atoms with Gasteiger partial charge >= 0.3 is 5.97 Å². The van der Waals surface area contributed by atoms with E-state index in [0.717, 1.165) is 6.26 Å². The lowest BCUT2D eigenvalue weighted by Gasteiger charge is -2.11. The lowest BCUT2D eigenvalue weighted by molar-refractivity contribution is -0.139. The van der Waals surface area contributed by atoms with Crippen molar-refractivity contribution in [3.8, 4) is 0 Å². The Labute approximate surface area is 82.0 Å². The quantitative estimate of drug-likeness (QED) is 0.653. The number of hydrogen-bond donors (Lipinski definition) is 2. The van der Waals surface area contributed by atoms with Gasteiger partial charge in [0.05, 0.1) is 6.26 Å². The van der Waals surface area contributed by atoms with Gasteiger partial charge in [0.1, 0.15) is 6.04 Å². The first kappa shape index (κ1) is 12.7. The molecule has 0 bridgehead atoms. The Balaban J connectivity index is 4.19. The van der Waals surface area contributed by atoms with Gasteiger partial charge in [-0.2, -0.15) is 11.8 Å². The molecular formula is C6H13NO4S2. The molecule has 0 unspecified atom stereocenters. The highest BCUT2D eigenvalue weighted by Gasteiger charge is 2.20. The maximum absolute atomic E-state index is 10.7. The number of carbonyl (C=O) groups is 1. The van der Waals surface area contributed by atoms with E-state index >= 15 is 0 Å². The summed E-state index contributed by atoms with van der Waals surface area (Å²) in [6.07, 6.45) is 3.07. The van der Waals surface area contributed by atoms with Gasteiger partial charge in [-0.15, -0.1) is 0 Å². The third-order valence-corrected chi connectivity index (χ3v) is 2.62. The Kier molecular flexibility index (Phi) is 5.34. The Bertz CT molecular complexity index is 262. The van der Waals surface area contributed by atoms with Crippen LogP contribution in [0.4, 0.5) is 0 Å². The molecule has 0 aliphatic heterocycles. The summed E-state index contributed by atoms with van der Waals surface area (Å²) in [5.74, 6) is -0.529. The highest BCUT2D eigenvalue weighted by molar-refractivity contribution is 7.98. The Hall–Kier alpha value is -0.270. The summed E-state index contributed by atoms with van der Waals surface area (Å²) in [4.78, 5) is 10.5. The molecule has 0 aliphatic carbocycles. The summed E-state index contributed by atoms with van der Waals surface area (Å²) in [5, 5.41) is 8.63. The molecule has 2 N–H and O–H groups in total. The molecule has 5 nitrogen and oxygen atoms in total. The van der Waals surface area contributed by atoms with Crippen molar-refractivity contribution < 1.29 is 18.3 Å². The van der Waals surface area contributed by atoms with Gasteiger partial charge in [0, 0.05) is 0 Å². The smallest absolute Gasteiger partial charge is 0.321 e. The van der Waals surface area contributed by atoms with Crippen LogP contribution in [-0.4, -0.2) is 43.8 Å². The molecule has 0 radical (unpaired) electrons. The summed E-state index contributed by atoms with van der Waals surface area (Å²) in [5.41, 5.74) is 0. The number of nitrogens with one attached hydrogen (secondary N) is 1. The number of aliphatic carboxylic acids is 1. The largest absolute Gasteiger partial charge is 0.480 e. The van der Waals surface area contributed by atoms with Gasteiger partial charge in [-0.3, -0.25) is 4.79 Å². The zero-order chi connectivity index (χ0) is 10.5. The lowest BCUT2D eigenvalue weighted by atomic mass is 10.2. The van der Waals surface area contributed by atoms with Crippen LogP contribution in [0.2, 0.25) is 0 Å². The average Bonchev–Trinajstić information content (AvgIpc) is 1.95. The zero-order valence-electron chi connectivity index (χ0n) is 7.48. The van der Waals surface area contributed by atoms with E-state index in [2.05, 4.69) is 0 Å². The molecular weight excluding hydrogens is 214 g/mol. The number of hydrogen-bond acceptors (Lipinski definition) is 4. The molecule has 0 saturated heterocycles. The summed E-state index contributed by atoms with van der Waals surface area (Å²) in [6, 6.07) is -1.01. The summed E-state index contributed by atoms with van der Waals surface area (Å²) < 4.78 is 23.5. The second-order valence-corrected chi connectivity index (χ2v) is 5.33. The number of rotatable bonds is 6. The van der Waals surface area contributed by atoms with Crippen molar-refractivity contribution in [2.45, 2.75) is 12.5 Å². The fourth-order valence-electron chi connectivity index (χ4n) is 0.727. The molecule has 0 aromatic heterocycles. The second kappa shape index (κ2) is 5.46. The second-order valence-electron chi connectivity index (χ2n) is 2.56. The Morgan fingerprint density at radius 3 is 2.46 bits per heavy atom. The predicted molar refractivity (Wildman–Crippen MR) is 52.4 cm³/mol. The minimum absolute atomic E-state index is 0.295. The minimum Gasteiger partial charge on any atom is -0.480 e. The molecule has 0 spiro atoms. The van der Waals surface area contributed by atoms with E-state index in [1.165, 1.54) is 11.8 Å². The maximum Gasteiger partial charge on any atom is 0.321 e. The topological polar surface area (TPSA) is 83.5 Å². The van der Waals surface area contributed by atoms with Crippen molar-refractivity contribution in [2.75, 3.05) is 18.3 Å². The van der Waals surface area contributed by atoms with Gasteiger partial charge in [-0.05, 0) is 18.4 Å². The van der Waals surface area contributed by atoms with Crippen LogP contribution in [0.15, 0.2) is 0 Å². The first-order valence-corrected chi connectivity index (χ1v) is 6.84. The van der Waals surface area contributed by atoms with Gasteiger partial charge in [-0.1, -0.05) is 0 Å². The monoisotopic (exact) mass is 227 g/mol. The molecule has 78 valence electrons. The van der Waals surface area contributed by atoms with Crippen molar-refractivity contribution in [3.63, 3.8) is 0 Å². The molecule has 0 aromatic rings. The Morgan fingerprint density at radius 1 is 1.62 bits per heavy atom. The van der Waals surface area contributed by atoms with Gasteiger partial charge in [0.15, 0.2) is 0 Å². The number of carboxylic acid groups (broad SMARTS) is 1. The van der Waals surface area contributed by atoms with Crippen molar-refractivity contribution in [3.05, 3.63) is 0 Å². The van der Waals surface area contributed by atoms with E-state index in [0.29, 0.717) is 12.2 Å². The van der Waals surface area contributed by atoms with Crippen LogP contribution in [0.1, 0.15) is 6.42 Å². The van der Waals surface area contributed by atoms with Crippen LogP contribution in [0.5, 0.6) is 0 Å². The van der Waals surface area contributed by atoms with Crippen LogP contribution >= 0.6 is 11.8 Å². The zero-order valence-corrected chi connectivity index (χ0v) is 9.11. The van der Waals surface area contributed by atoms with Crippen LogP contribution in [0, 0.1) is 0 Å². The molecule has 0 heterocycles. The summed E-state index contributed by atoms with van der Waals surface area (Å²) >= 11 is 1.48. The standard InChI is InChI=1S/C6H13NO4S2/c1-12-4-3-5(6(8)9)7-13(2,10)11/h5,7H,3-4H2,1-2H3,(H,8,9)/t5-/m1/s1. The van der Waals surface area contributed by atoms with Crippen LogP contribution in [-0.2, 0) is 14.8 Å². The van der Waals surface area contributed by atoms with Crippen molar-refractivity contribution in [1.82, 2.24) is 4.72 Å². The highest BCUT2D eigenvalue weighted by atomic mass is 32.2. The predicted octanol–water partition coefficient (Wildman–Crippen LogP) is -0.258. The highest BCUT2D eigenvalue weighted by Crippen LogP contribution is 2.01. The normalized spacial score (nSPS) is 14.0. The van der Waals surface area contributed by atoms with E-state index in [9.17, 15) is 13.2 Å². The van der Waals surface area contributed by atoms with E-state index in [1.54, 1.807) is 0 Å². The molecule has 1 atom stereocenters. The fourth-order valence-corrected chi connectivity index (χ4v) is 1.93. The van der Waals surface area contributed by atoms with Gasteiger partial charge in [-0.25, -0.2) is 13.1 Å². The van der Waals surface area contributed by atoms with Crippen LogP contribution < -0.4 is 4.72 Å². The third kappa shape index (κ3) is 6.85. The van der Waals surface area contributed by atoms with E-state index in [4.69, 9.17) is 5.11 Å². The van der Waals surface area contributed by atoms with Gasteiger partial charge < -0.3 is 5.11 Å². The molecule has 0 amide bonds. The molecule has 0 fully saturated rings. The van der Waals surface area contributed by atoms with E-state index in [1.807, 2.05) is 11.0 Å². The van der Waals surface area contributed by atoms with Crippen LogP contribution in [0.3, 0.4) is 0 Å². The van der Waals surface area contributed by atoms with Crippen molar-refractivity contribution >= 4 is 27.8 Å². The van der Waals surface area contributed by atoms with Crippen LogP contribution in [0.25, 0.3) is 0 Å². The van der Waals surface area contributed by atoms with E-state index in [-0.39, 0.29) is 0 Å². The van der Waals surface area contributed by atoms with Crippen molar-refractivity contribution in [2.24, 2.45) is 0 Å². The SMILES string of the molecule is CSCC[C@@H](NS(C)(=O)=O)C(=O)O. The lowest BCUT2D eigenvalue weighted by Crippen LogP contribution is -2.40. The molecule has 0 rings (SSSR count). The molecule has 0 saturated carbocycles.